The molecule has 2 aromatic rings. The number of rotatable bonds is 4. The third kappa shape index (κ3) is 3.08. The van der Waals surface area contributed by atoms with Crippen molar-refractivity contribution in [1.29, 1.82) is 0 Å². The van der Waals surface area contributed by atoms with Crippen molar-refractivity contribution in [2.45, 2.75) is 0 Å². The third-order valence-electron chi connectivity index (χ3n) is 2.18. The summed E-state index contributed by atoms with van der Waals surface area (Å²) in [6, 6.07) is 6.08. The number of halogens is 2. The largest absolute Gasteiger partial charge is 0.454 e. The van der Waals surface area contributed by atoms with Gasteiger partial charge in [-0.3, -0.25) is 15.0 Å². The second-order valence-corrected chi connectivity index (χ2v) is 3.63. The SMILES string of the molecule is O=[N+]([O-])c1ccc(Oc2ccnc(NCl)c2)c(F)c1. The number of hydrogen-bond acceptors (Lipinski definition) is 5. The van der Waals surface area contributed by atoms with Crippen LogP contribution >= 0.6 is 11.8 Å². The molecule has 1 heterocycles. The second kappa shape index (κ2) is 5.49. The summed E-state index contributed by atoms with van der Waals surface area (Å²) in [5.74, 6) is -0.323. The van der Waals surface area contributed by atoms with Gasteiger partial charge in [-0.1, -0.05) is 0 Å². The molecule has 1 N–H and O–H groups in total. The smallest absolute Gasteiger partial charge is 0.272 e. The van der Waals surface area contributed by atoms with E-state index in [9.17, 15) is 14.5 Å². The first kappa shape index (κ1) is 13.0. The Hall–Kier alpha value is -2.41. The highest BCUT2D eigenvalue weighted by molar-refractivity contribution is 6.23. The van der Waals surface area contributed by atoms with E-state index in [1.165, 1.54) is 24.4 Å². The van der Waals surface area contributed by atoms with Crippen LogP contribution in [0.3, 0.4) is 0 Å². The van der Waals surface area contributed by atoms with Gasteiger partial charge in [0.05, 0.1) is 11.0 Å². The minimum atomic E-state index is -0.827. The molecule has 0 amide bonds. The predicted molar refractivity (Wildman–Crippen MR) is 66.8 cm³/mol. The monoisotopic (exact) mass is 283 g/mol. The van der Waals surface area contributed by atoms with Gasteiger partial charge in [-0.25, -0.2) is 9.37 Å². The van der Waals surface area contributed by atoms with E-state index < -0.39 is 10.7 Å². The van der Waals surface area contributed by atoms with Crippen molar-refractivity contribution in [3.63, 3.8) is 0 Å². The molecule has 0 spiro atoms. The summed E-state index contributed by atoms with van der Waals surface area (Å²) in [7, 11) is 0. The number of anilines is 1. The molecule has 0 fully saturated rings. The lowest BCUT2D eigenvalue weighted by atomic mass is 10.3. The Balaban J connectivity index is 2.25. The molecule has 6 nitrogen and oxygen atoms in total. The van der Waals surface area contributed by atoms with Crippen LogP contribution in [0.25, 0.3) is 0 Å². The zero-order valence-electron chi connectivity index (χ0n) is 9.34. The summed E-state index contributed by atoms with van der Waals surface area (Å²) in [5.41, 5.74) is -0.345. The number of non-ortho nitro benzene ring substituents is 1. The topological polar surface area (TPSA) is 77.3 Å². The van der Waals surface area contributed by atoms with Crippen molar-refractivity contribution < 1.29 is 14.1 Å². The van der Waals surface area contributed by atoms with E-state index in [4.69, 9.17) is 16.5 Å². The van der Waals surface area contributed by atoms with E-state index in [1.807, 2.05) is 0 Å². The first-order valence-electron chi connectivity index (χ1n) is 5.04. The van der Waals surface area contributed by atoms with Crippen molar-refractivity contribution in [2.75, 3.05) is 4.84 Å². The maximum Gasteiger partial charge on any atom is 0.272 e. The number of aromatic nitrogens is 1. The van der Waals surface area contributed by atoms with E-state index in [2.05, 4.69) is 9.82 Å². The molecule has 19 heavy (non-hydrogen) atoms. The van der Waals surface area contributed by atoms with Gasteiger partial charge < -0.3 is 4.74 Å². The fraction of sp³-hybridized carbons (Fsp3) is 0. The number of benzene rings is 1. The predicted octanol–water partition coefficient (Wildman–Crippen LogP) is 3.49. The van der Waals surface area contributed by atoms with Crippen molar-refractivity contribution in [1.82, 2.24) is 4.98 Å². The van der Waals surface area contributed by atoms with E-state index >= 15 is 0 Å². The summed E-state index contributed by atoms with van der Waals surface area (Å²) >= 11 is 5.37. The molecule has 0 saturated heterocycles. The Labute approximate surface area is 112 Å². The molecule has 2 rings (SSSR count). The van der Waals surface area contributed by atoms with E-state index in [0.717, 1.165) is 12.1 Å². The number of ether oxygens (including phenoxy) is 1. The van der Waals surface area contributed by atoms with Crippen molar-refractivity contribution in [3.8, 4) is 11.5 Å². The Morgan fingerprint density at radius 2 is 2.16 bits per heavy atom. The van der Waals surface area contributed by atoms with Crippen LogP contribution in [-0.2, 0) is 0 Å². The van der Waals surface area contributed by atoms with Gasteiger partial charge in [0.2, 0.25) is 0 Å². The van der Waals surface area contributed by atoms with Crippen molar-refractivity contribution in [3.05, 3.63) is 52.5 Å². The number of nitrogens with zero attached hydrogens (tertiary/aromatic N) is 2. The first-order chi connectivity index (χ1) is 9.10. The summed E-state index contributed by atoms with van der Waals surface area (Å²) in [6.07, 6.45) is 1.42. The van der Waals surface area contributed by atoms with Crippen LogP contribution in [0.4, 0.5) is 15.9 Å². The number of nitro groups is 1. The standard InChI is InChI=1S/C11H7ClFN3O3/c12-15-11-6-8(3-4-14-11)19-10-2-1-7(16(17)18)5-9(10)13/h1-6H,(H,14,15). The summed E-state index contributed by atoms with van der Waals surface area (Å²) in [6.45, 7) is 0. The maximum atomic E-state index is 13.6. The van der Waals surface area contributed by atoms with Crippen LogP contribution in [-0.4, -0.2) is 9.91 Å². The van der Waals surface area contributed by atoms with Crippen molar-refractivity contribution >= 4 is 23.3 Å². The van der Waals surface area contributed by atoms with Gasteiger partial charge in [0.25, 0.3) is 5.69 Å². The van der Waals surface area contributed by atoms with Crippen LogP contribution in [0.5, 0.6) is 11.5 Å². The van der Waals surface area contributed by atoms with Crippen LogP contribution < -0.4 is 9.57 Å². The molecular weight excluding hydrogens is 277 g/mol. The van der Waals surface area contributed by atoms with Gasteiger partial charge in [0.1, 0.15) is 11.6 Å². The first-order valence-corrected chi connectivity index (χ1v) is 5.42. The molecule has 1 aromatic heterocycles. The molecule has 98 valence electrons. The lowest BCUT2D eigenvalue weighted by Crippen LogP contribution is -1.93. The average molecular weight is 284 g/mol. The number of nitro benzene ring substituents is 1. The molecule has 0 aliphatic carbocycles. The summed E-state index contributed by atoms with van der Waals surface area (Å²) in [4.78, 5) is 15.9. The van der Waals surface area contributed by atoms with Crippen molar-refractivity contribution in [2.24, 2.45) is 0 Å². The van der Waals surface area contributed by atoms with Gasteiger partial charge in [-0.15, -0.1) is 0 Å². The zero-order chi connectivity index (χ0) is 13.8. The molecule has 0 aliphatic rings. The minimum Gasteiger partial charge on any atom is -0.454 e. The normalized spacial score (nSPS) is 10.0. The van der Waals surface area contributed by atoms with Crippen LogP contribution in [0.2, 0.25) is 0 Å². The van der Waals surface area contributed by atoms with Gasteiger partial charge >= 0.3 is 0 Å². The number of nitrogens with one attached hydrogen (secondary N) is 1. The molecule has 0 bridgehead atoms. The summed E-state index contributed by atoms with van der Waals surface area (Å²) in [5, 5.41) is 10.5. The van der Waals surface area contributed by atoms with Gasteiger partial charge in [-0.2, -0.15) is 0 Å². The Morgan fingerprint density at radius 1 is 1.37 bits per heavy atom. The van der Waals surface area contributed by atoms with Gasteiger partial charge in [0, 0.05) is 30.1 Å². The summed E-state index contributed by atoms with van der Waals surface area (Å²) < 4.78 is 18.8. The Morgan fingerprint density at radius 3 is 2.79 bits per heavy atom. The molecule has 1 aromatic carbocycles. The maximum absolute atomic E-state index is 13.6. The highest BCUT2D eigenvalue weighted by atomic mass is 35.5. The minimum absolute atomic E-state index is 0.127. The van der Waals surface area contributed by atoms with Gasteiger partial charge in [0.15, 0.2) is 11.6 Å². The molecule has 0 atom stereocenters. The lowest BCUT2D eigenvalue weighted by molar-refractivity contribution is -0.385. The molecule has 0 saturated carbocycles. The molecular formula is C11H7ClFN3O3. The van der Waals surface area contributed by atoms with Crippen LogP contribution in [0, 0.1) is 15.9 Å². The average Bonchev–Trinajstić information content (AvgIpc) is 2.41. The molecule has 0 aliphatic heterocycles. The highest BCUT2D eigenvalue weighted by Crippen LogP contribution is 2.28. The molecule has 0 radical (unpaired) electrons. The third-order valence-corrected chi connectivity index (χ3v) is 2.38. The Bertz CT molecular complexity index is 624. The Kier molecular flexibility index (Phi) is 3.76. The van der Waals surface area contributed by atoms with E-state index in [-0.39, 0.29) is 11.4 Å². The number of hydrogen-bond donors (Lipinski definition) is 1. The van der Waals surface area contributed by atoms with Crippen LogP contribution in [0.1, 0.15) is 0 Å². The van der Waals surface area contributed by atoms with E-state index in [1.54, 1.807) is 0 Å². The van der Waals surface area contributed by atoms with Crippen LogP contribution in [0.15, 0.2) is 36.5 Å². The second-order valence-electron chi connectivity index (χ2n) is 3.45. The fourth-order valence-electron chi connectivity index (χ4n) is 1.34. The molecule has 8 heteroatoms. The van der Waals surface area contributed by atoms with Gasteiger partial charge in [-0.05, 0) is 12.1 Å². The lowest BCUT2D eigenvalue weighted by Gasteiger charge is -2.07. The zero-order valence-corrected chi connectivity index (χ0v) is 10.1. The quantitative estimate of drug-likeness (QED) is 0.528. The highest BCUT2D eigenvalue weighted by Gasteiger charge is 2.12. The number of pyridine rings is 1. The molecule has 0 unspecified atom stereocenters. The van der Waals surface area contributed by atoms with E-state index in [0.29, 0.717) is 11.6 Å². The fourth-order valence-corrected chi connectivity index (χ4v) is 1.44.